The van der Waals surface area contributed by atoms with Crippen LogP contribution in [0.15, 0.2) is 12.1 Å². The Kier molecular flexibility index (Phi) is 3.19. The first-order valence-corrected chi connectivity index (χ1v) is 7.21. The van der Waals surface area contributed by atoms with Crippen LogP contribution in [0.25, 0.3) is 11.4 Å². The lowest BCUT2D eigenvalue weighted by Gasteiger charge is -2.17. The van der Waals surface area contributed by atoms with E-state index in [9.17, 15) is 4.39 Å². The lowest BCUT2D eigenvalue weighted by atomic mass is 9.92. The number of nitrogens with two attached hydrogens (primary N) is 1. The highest BCUT2D eigenvalue weighted by Crippen LogP contribution is 2.44. The molecule has 1 heterocycles. The molecule has 6 heteroatoms. The first-order chi connectivity index (χ1) is 9.87. The molecule has 1 aromatic heterocycles. The number of benzene rings is 1. The number of tetrazole rings is 1. The summed E-state index contributed by atoms with van der Waals surface area (Å²) >= 11 is 0. The molecular weight excluding hydrogens is 269 g/mol. The summed E-state index contributed by atoms with van der Waals surface area (Å²) in [6, 6.07) is 3.45. The molecule has 0 saturated heterocycles. The summed E-state index contributed by atoms with van der Waals surface area (Å²) < 4.78 is 15.7. The maximum absolute atomic E-state index is 13.9. The molecule has 1 aromatic carbocycles. The van der Waals surface area contributed by atoms with E-state index in [2.05, 4.69) is 29.4 Å². The highest BCUT2D eigenvalue weighted by molar-refractivity contribution is 5.64. The molecule has 1 unspecified atom stereocenters. The van der Waals surface area contributed by atoms with Gasteiger partial charge in [-0.1, -0.05) is 13.8 Å². The second kappa shape index (κ2) is 4.79. The molecule has 1 saturated carbocycles. The third-order valence-corrected chi connectivity index (χ3v) is 4.42. The molecule has 0 amide bonds. The Bertz CT molecular complexity index is 653. The molecule has 1 fully saturated rings. The van der Waals surface area contributed by atoms with E-state index in [0.29, 0.717) is 28.1 Å². The first kappa shape index (κ1) is 14.0. The van der Waals surface area contributed by atoms with Gasteiger partial charge in [-0.3, -0.25) is 0 Å². The number of aromatic nitrogens is 4. The number of nitrogens with zero attached hydrogens (tertiary/aromatic N) is 4. The van der Waals surface area contributed by atoms with Gasteiger partial charge in [-0.05, 0) is 54.2 Å². The van der Waals surface area contributed by atoms with E-state index in [0.717, 1.165) is 19.3 Å². The number of anilines is 1. The Labute approximate surface area is 123 Å². The van der Waals surface area contributed by atoms with Crippen molar-refractivity contribution in [2.24, 2.45) is 5.41 Å². The Morgan fingerprint density at radius 3 is 2.76 bits per heavy atom. The standard InChI is InChI=1S/C15H20FN5/c1-9-12(16)6-10(7-13(9)17)14-18-19-20-21(14)11-4-5-15(2,3)8-11/h6-7,11H,4-5,8,17H2,1-3H3. The number of halogens is 1. The predicted octanol–water partition coefficient (Wildman–Crippen LogP) is 3.12. The van der Waals surface area contributed by atoms with Crippen LogP contribution < -0.4 is 5.73 Å². The molecule has 1 atom stereocenters. The van der Waals surface area contributed by atoms with Gasteiger partial charge in [0.25, 0.3) is 0 Å². The van der Waals surface area contributed by atoms with E-state index in [1.165, 1.54) is 6.07 Å². The molecule has 0 aliphatic heterocycles. The molecule has 0 bridgehead atoms. The Balaban J connectivity index is 2.00. The third kappa shape index (κ3) is 2.50. The van der Waals surface area contributed by atoms with Gasteiger partial charge in [0.1, 0.15) is 5.82 Å². The maximum Gasteiger partial charge on any atom is 0.182 e. The van der Waals surface area contributed by atoms with Crippen molar-refractivity contribution in [2.45, 2.75) is 46.1 Å². The SMILES string of the molecule is Cc1c(N)cc(-c2nnnn2C2CCC(C)(C)C2)cc1F. The zero-order chi connectivity index (χ0) is 15.2. The van der Waals surface area contributed by atoms with Gasteiger partial charge in [0, 0.05) is 16.8 Å². The Morgan fingerprint density at radius 2 is 2.14 bits per heavy atom. The Hall–Kier alpha value is -1.98. The summed E-state index contributed by atoms with van der Waals surface area (Å²) in [5, 5.41) is 12.0. The van der Waals surface area contributed by atoms with Crippen LogP contribution in [0.2, 0.25) is 0 Å². The van der Waals surface area contributed by atoms with Gasteiger partial charge in [0.2, 0.25) is 0 Å². The van der Waals surface area contributed by atoms with Gasteiger partial charge in [-0.2, -0.15) is 0 Å². The van der Waals surface area contributed by atoms with E-state index < -0.39 is 0 Å². The number of hydrogen-bond donors (Lipinski definition) is 1. The van der Waals surface area contributed by atoms with Crippen molar-refractivity contribution in [3.8, 4) is 11.4 Å². The molecule has 5 nitrogen and oxygen atoms in total. The van der Waals surface area contributed by atoms with Gasteiger partial charge < -0.3 is 5.73 Å². The van der Waals surface area contributed by atoms with Gasteiger partial charge in [-0.15, -0.1) is 5.10 Å². The summed E-state index contributed by atoms with van der Waals surface area (Å²) in [6.07, 6.45) is 3.20. The molecule has 21 heavy (non-hydrogen) atoms. The van der Waals surface area contributed by atoms with Crippen molar-refractivity contribution in [1.82, 2.24) is 20.2 Å². The van der Waals surface area contributed by atoms with E-state index in [-0.39, 0.29) is 11.9 Å². The quantitative estimate of drug-likeness (QED) is 0.862. The summed E-state index contributed by atoms with van der Waals surface area (Å²) in [5.74, 6) is 0.259. The summed E-state index contributed by atoms with van der Waals surface area (Å²) in [5.41, 5.74) is 7.66. The zero-order valence-electron chi connectivity index (χ0n) is 12.6. The molecular formula is C15H20FN5. The largest absolute Gasteiger partial charge is 0.398 e. The molecule has 112 valence electrons. The minimum Gasteiger partial charge on any atom is -0.398 e. The van der Waals surface area contributed by atoms with E-state index in [1.807, 2.05) is 4.68 Å². The van der Waals surface area contributed by atoms with Crippen LogP contribution in [0.3, 0.4) is 0 Å². The Morgan fingerprint density at radius 1 is 1.38 bits per heavy atom. The second-order valence-electron chi connectivity index (χ2n) is 6.68. The summed E-state index contributed by atoms with van der Waals surface area (Å²) in [7, 11) is 0. The minimum absolute atomic E-state index is 0.260. The van der Waals surface area contributed by atoms with Crippen molar-refractivity contribution in [1.29, 1.82) is 0 Å². The van der Waals surface area contributed by atoms with Crippen LogP contribution in [0.5, 0.6) is 0 Å². The van der Waals surface area contributed by atoms with Crippen molar-refractivity contribution < 1.29 is 4.39 Å². The number of nitrogen functional groups attached to an aromatic ring is 1. The summed E-state index contributed by atoms with van der Waals surface area (Å²) in [4.78, 5) is 0. The second-order valence-corrected chi connectivity index (χ2v) is 6.68. The molecule has 0 spiro atoms. The molecule has 2 N–H and O–H groups in total. The molecule has 0 radical (unpaired) electrons. The van der Waals surface area contributed by atoms with Crippen LogP contribution in [-0.4, -0.2) is 20.2 Å². The third-order valence-electron chi connectivity index (χ3n) is 4.42. The molecule has 1 aliphatic carbocycles. The van der Waals surface area contributed by atoms with Crippen molar-refractivity contribution in [2.75, 3.05) is 5.73 Å². The van der Waals surface area contributed by atoms with E-state index in [4.69, 9.17) is 5.73 Å². The van der Waals surface area contributed by atoms with Gasteiger partial charge in [-0.25, -0.2) is 9.07 Å². The fraction of sp³-hybridized carbons (Fsp3) is 0.533. The van der Waals surface area contributed by atoms with Crippen LogP contribution in [0.4, 0.5) is 10.1 Å². The fourth-order valence-corrected chi connectivity index (χ4v) is 3.07. The fourth-order valence-electron chi connectivity index (χ4n) is 3.07. The molecule has 1 aliphatic rings. The normalized spacial score (nSPS) is 20.9. The highest BCUT2D eigenvalue weighted by Gasteiger charge is 2.34. The van der Waals surface area contributed by atoms with Crippen LogP contribution >= 0.6 is 0 Å². The van der Waals surface area contributed by atoms with Gasteiger partial charge in [0.15, 0.2) is 5.82 Å². The monoisotopic (exact) mass is 289 g/mol. The van der Waals surface area contributed by atoms with Crippen LogP contribution in [-0.2, 0) is 0 Å². The smallest absolute Gasteiger partial charge is 0.182 e. The number of rotatable bonds is 2. The van der Waals surface area contributed by atoms with Crippen molar-refractivity contribution >= 4 is 5.69 Å². The van der Waals surface area contributed by atoms with Crippen molar-refractivity contribution in [3.63, 3.8) is 0 Å². The maximum atomic E-state index is 13.9. The van der Waals surface area contributed by atoms with E-state index >= 15 is 0 Å². The topological polar surface area (TPSA) is 69.6 Å². The molecule has 2 aromatic rings. The molecule has 3 rings (SSSR count). The van der Waals surface area contributed by atoms with Crippen LogP contribution in [0, 0.1) is 18.2 Å². The first-order valence-electron chi connectivity index (χ1n) is 7.21. The van der Waals surface area contributed by atoms with E-state index in [1.54, 1.807) is 13.0 Å². The minimum atomic E-state index is -0.327. The average molecular weight is 289 g/mol. The van der Waals surface area contributed by atoms with Crippen molar-refractivity contribution in [3.05, 3.63) is 23.5 Å². The van der Waals surface area contributed by atoms with Gasteiger partial charge in [0.05, 0.1) is 6.04 Å². The number of hydrogen-bond acceptors (Lipinski definition) is 4. The zero-order valence-corrected chi connectivity index (χ0v) is 12.6. The predicted molar refractivity (Wildman–Crippen MR) is 79.0 cm³/mol. The lowest BCUT2D eigenvalue weighted by molar-refractivity contribution is 0.349. The summed E-state index contributed by atoms with van der Waals surface area (Å²) in [6.45, 7) is 6.16. The lowest BCUT2D eigenvalue weighted by Crippen LogP contribution is -2.12. The average Bonchev–Trinajstić information content (AvgIpc) is 3.01. The van der Waals surface area contributed by atoms with Crippen LogP contribution in [0.1, 0.15) is 44.7 Å². The van der Waals surface area contributed by atoms with Gasteiger partial charge >= 0.3 is 0 Å². The highest BCUT2D eigenvalue weighted by atomic mass is 19.1.